The minimum absolute atomic E-state index is 0.0238. The van der Waals surface area contributed by atoms with Gasteiger partial charge in [-0.25, -0.2) is 0 Å². The molecule has 0 aliphatic rings. The van der Waals surface area contributed by atoms with Crippen LogP contribution >= 0.6 is 11.6 Å². The summed E-state index contributed by atoms with van der Waals surface area (Å²) in [5.74, 6) is 0.710. The van der Waals surface area contributed by atoms with Gasteiger partial charge in [-0.3, -0.25) is 4.79 Å². The lowest BCUT2D eigenvalue weighted by molar-refractivity contribution is 0.103. The maximum absolute atomic E-state index is 12.1. The Labute approximate surface area is 119 Å². The molecule has 0 atom stereocenters. The number of hydrogen-bond donors (Lipinski definition) is 0. The first-order valence-electron chi connectivity index (χ1n) is 6.15. The smallest absolute Gasteiger partial charge is 0.193 e. The zero-order chi connectivity index (χ0) is 14.3. The molecule has 0 heterocycles. The van der Waals surface area contributed by atoms with Gasteiger partial charge in [-0.1, -0.05) is 25.4 Å². The fraction of sp³-hybridized carbons (Fsp3) is 0.188. The number of rotatable bonds is 3. The third-order valence-electron chi connectivity index (χ3n) is 2.46. The fourth-order valence-corrected chi connectivity index (χ4v) is 1.64. The second-order valence-corrected chi connectivity index (χ2v) is 4.00. The summed E-state index contributed by atoms with van der Waals surface area (Å²) in [4.78, 5) is 12.1. The van der Waals surface area contributed by atoms with Gasteiger partial charge in [0.25, 0.3) is 0 Å². The van der Waals surface area contributed by atoms with E-state index in [1.807, 2.05) is 13.8 Å². The Morgan fingerprint density at radius 3 is 1.74 bits per heavy atom. The van der Waals surface area contributed by atoms with E-state index >= 15 is 0 Å². The largest absolute Gasteiger partial charge is 0.497 e. The molecule has 2 nitrogen and oxygen atoms in total. The number of benzene rings is 2. The van der Waals surface area contributed by atoms with Gasteiger partial charge in [0.1, 0.15) is 5.75 Å². The lowest BCUT2D eigenvalue weighted by Gasteiger charge is -2.03. The van der Waals surface area contributed by atoms with E-state index in [0.717, 1.165) is 5.75 Å². The molecule has 0 amide bonds. The summed E-state index contributed by atoms with van der Waals surface area (Å²) < 4.78 is 5.04. The standard InChI is InChI=1S/C14H11ClO2.C2H6/c1-17-13-8-4-11(5-9-13)14(16)10-2-6-12(15)7-3-10;1-2/h2-9H,1H3;1-2H3. The molecule has 0 saturated carbocycles. The van der Waals surface area contributed by atoms with E-state index in [2.05, 4.69) is 0 Å². The van der Waals surface area contributed by atoms with Crippen molar-refractivity contribution in [3.8, 4) is 5.75 Å². The Balaban J connectivity index is 0.000000861. The van der Waals surface area contributed by atoms with Crippen LogP contribution in [0.4, 0.5) is 0 Å². The quantitative estimate of drug-likeness (QED) is 0.766. The van der Waals surface area contributed by atoms with Crippen molar-refractivity contribution in [3.05, 3.63) is 64.7 Å². The van der Waals surface area contributed by atoms with Crippen LogP contribution < -0.4 is 4.74 Å². The summed E-state index contributed by atoms with van der Waals surface area (Å²) in [7, 11) is 1.59. The van der Waals surface area contributed by atoms with Crippen molar-refractivity contribution >= 4 is 17.4 Å². The van der Waals surface area contributed by atoms with Gasteiger partial charge in [0.2, 0.25) is 0 Å². The number of halogens is 1. The molecule has 100 valence electrons. The molecule has 0 spiro atoms. The summed E-state index contributed by atoms with van der Waals surface area (Å²) in [6, 6.07) is 13.9. The highest BCUT2D eigenvalue weighted by Crippen LogP contribution is 2.16. The monoisotopic (exact) mass is 276 g/mol. The second kappa shape index (κ2) is 7.59. The Hall–Kier alpha value is -1.80. The molecule has 0 unspecified atom stereocenters. The highest BCUT2D eigenvalue weighted by atomic mass is 35.5. The zero-order valence-corrected chi connectivity index (χ0v) is 12.1. The number of carbonyl (C=O) groups excluding carboxylic acids is 1. The normalized spacial score (nSPS) is 9.26. The summed E-state index contributed by atoms with van der Waals surface area (Å²) in [6.45, 7) is 4.00. The van der Waals surface area contributed by atoms with Crippen LogP contribution in [0.3, 0.4) is 0 Å². The van der Waals surface area contributed by atoms with Gasteiger partial charge in [0.15, 0.2) is 5.78 Å². The van der Waals surface area contributed by atoms with Gasteiger partial charge in [-0.15, -0.1) is 0 Å². The predicted octanol–water partition coefficient (Wildman–Crippen LogP) is 4.61. The fourth-order valence-electron chi connectivity index (χ4n) is 1.51. The summed E-state index contributed by atoms with van der Waals surface area (Å²) in [5.41, 5.74) is 1.26. The second-order valence-electron chi connectivity index (χ2n) is 3.56. The first kappa shape index (κ1) is 15.3. The highest BCUT2D eigenvalue weighted by molar-refractivity contribution is 6.30. The molecule has 2 aromatic carbocycles. The van der Waals surface area contributed by atoms with Gasteiger partial charge < -0.3 is 4.74 Å². The Morgan fingerprint density at radius 2 is 1.32 bits per heavy atom. The van der Waals surface area contributed by atoms with E-state index in [0.29, 0.717) is 16.1 Å². The molecule has 0 radical (unpaired) electrons. The number of methoxy groups -OCH3 is 1. The van der Waals surface area contributed by atoms with E-state index in [4.69, 9.17) is 16.3 Å². The van der Waals surface area contributed by atoms with Gasteiger partial charge in [0.05, 0.1) is 7.11 Å². The van der Waals surface area contributed by atoms with Crippen LogP contribution in [0.2, 0.25) is 5.02 Å². The number of ketones is 1. The summed E-state index contributed by atoms with van der Waals surface area (Å²) >= 11 is 5.77. The molecular weight excluding hydrogens is 260 g/mol. The molecule has 0 bridgehead atoms. The Morgan fingerprint density at radius 1 is 0.895 bits per heavy atom. The van der Waals surface area contributed by atoms with Crippen LogP contribution in [0.1, 0.15) is 29.8 Å². The third kappa shape index (κ3) is 4.11. The van der Waals surface area contributed by atoms with Crippen LogP contribution in [-0.2, 0) is 0 Å². The van der Waals surface area contributed by atoms with Crippen LogP contribution in [0, 0.1) is 0 Å². The van der Waals surface area contributed by atoms with Crippen molar-refractivity contribution in [2.45, 2.75) is 13.8 Å². The lowest BCUT2D eigenvalue weighted by Crippen LogP contribution is -2.00. The lowest BCUT2D eigenvalue weighted by atomic mass is 10.0. The topological polar surface area (TPSA) is 26.3 Å². The van der Waals surface area contributed by atoms with Crippen LogP contribution in [-0.4, -0.2) is 12.9 Å². The van der Waals surface area contributed by atoms with Crippen molar-refractivity contribution in [2.24, 2.45) is 0 Å². The molecular formula is C16H17ClO2. The predicted molar refractivity (Wildman–Crippen MR) is 79.2 cm³/mol. The Kier molecular flexibility index (Phi) is 6.10. The molecule has 2 rings (SSSR count). The average molecular weight is 277 g/mol. The molecule has 0 aliphatic heterocycles. The molecule has 0 fully saturated rings. The van der Waals surface area contributed by atoms with Crippen molar-refractivity contribution in [3.63, 3.8) is 0 Å². The van der Waals surface area contributed by atoms with Gasteiger partial charge in [-0.2, -0.15) is 0 Å². The van der Waals surface area contributed by atoms with Gasteiger partial charge in [0, 0.05) is 16.1 Å². The summed E-state index contributed by atoms with van der Waals surface area (Å²) in [6.07, 6.45) is 0. The maximum Gasteiger partial charge on any atom is 0.193 e. The molecule has 2 aromatic rings. The minimum Gasteiger partial charge on any atom is -0.497 e. The highest BCUT2D eigenvalue weighted by Gasteiger charge is 2.08. The van der Waals surface area contributed by atoms with Crippen molar-refractivity contribution in [1.29, 1.82) is 0 Å². The summed E-state index contributed by atoms with van der Waals surface area (Å²) in [5, 5.41) is 0.622. The number of carbonyl (C=O) groups is 1. The van der Waals surface area contributed by atoms with Gasteiger partial charge in [-0.05, 0) is 48.5 Å². The van der Waals surface area contributed by atoms with Crippen LogP contribution in [0.5, 0.6) is 5.75 Å². The van der Waals surface area contributed by atoms with Crippen molar-refractivity contribution in [2.75, 3.05) is 7.11 Å². The molecule has 3 heteroatoms. The average Bonchev–Trinajstić information content (AvgIpc) is 2.49. The van der Waals surface area contributed by atoms with Gasteiger partial charge >= 0.3 is 0 Å². The minimum atomic E-state index is -0.0238. The van der Waals surface area contributed by atoms with E-state index in [9.17, 15) is 4.79 Å². The maximum atomic E-state index is 12.1. The van der Waals surface area contributed by atoms with Crippen molar-refractivity contribution < 1.29 is 9.53 Å². The Bertz CT molecular complexity index is 515. The first-order valence-corrected chi connectivity index (χ1v) is 6.53. The molecule has 0 N–H and O–H groups in total. The molecule has 0 aliphatic carbocycles. The first-order chi connectivity index (χ1) is 9.20. The number of hydrogen-bond acceptors (Lipinski definition) is 2. The zero-order valence-electron chi connectivity index (χ0n) is 11.3. The molecule has 0 aromatic heterocycles. The molecule has 0 saturated heterocycles. The van der Waals surface area contributed by atoms with E-state index in [1.54, 1.807) is 55.6 Å². The SMILES string of the molecule is CC.COc1ccc(C(=O)c2ccc(Cl)cc2)cc1. The number of ether oxygens (including phenoxy) is 1. The van der Waals surface area contributed by atoms with Crippen molar-refractivity contribution in [1.82, 2.24) is 0 Å². The van der Waals surface area contributed by atoms with Crippen LogP contribution in [0.25, 0.3) is 0 Å². The van der Waals surface area contributed by atoms with Crippen LogP contribution in [0.15, 0.2) is 48.5 Å². The molecule has 19 heavy (non-hydrogen) atoms. The van der Waals surface area contributed by atoms with E-state index in [1.165, 1.54) is 0 Å². The third-order valence-corrected chi connectivity index (χ3v) is 2.71. The van der Waals surface area contributed by atoms with E-state index in [-0.39, 0.29) is 5.78 Å². The van der Waals surface area contributed by atoms with E-state index < -0.39 is 0 Å².